The van der Waals surface area contributed by atoms with Gasteiger partial charge in [-0.05, 0) is 24.3 Å². The van der Waals surface area contributed by atoms with Gasteiger partial charge in [-0.15, -0.1) is 13.2 Å². The van der Waals surface area contributed by atoms with Crippen LogP contribution >= 0.6 is 0 Å². The van der Waals surface area contributed by atoms with E-state index in [2.05, 4.69) is 9.72 Å². The normalized spacial score (nSPS) is 14.3. The lowest BCUT2D eigenvalue weighted by Crippen LogP contribution is -2.28. The van der Waals surface area contributed by atoms with Gasteiger partial charge in [0.2, 0.25) is 11.6 Å². The standard InChI is InChI=1S/C17H11F3N2O4/c1-25-16-12(21)15(24)13-10(14(16)23)5-6-11(22-13)8-3-2-4-9(7-8)26-17(18,19)20/h2-7H,21H2,1H3. The number of allylic oxidation sites excluding steroid dienone is 2. The second-order valence-electron chi connectivity index (χ2n) is 5.27. The summed E-state index contributed by atoms with van der Waals surface area (Å²) in [7, 11) is 1.21. The minimum absolute atomic E-state index is 0.00694. The summed E-state index contributed by atoms with van der Waals surface area (Å²) in [6.45, 7) is 0. The van der Waals surface area contributed by atoms with Crippen LogP contribution in [0.1, 0.15) is 20.8 Å². The predicted molar refractivity (Wildman–Crippen MR) is 83.2 cm³/mol. The number of fused-ring (bicyclic) bond motifs is 1. The zero-order valence-corrected chi connectivity index (χ0v) is 13.3. The summed E-state index contributed by atoms with van der Waals surface area (Å²) < 4.78 is 45.8. The van der Waals surface area contributed by atoms with E-state index in [9.17, 15) is 22.8 Å². The van der Waals surface area contributed by atoms with E-state index in [1.165, 1.54) is 31.4 Å². The van der Waals surface area contributed by atoms with E-state index in [4.69, 9.17) is 10.5 Å². The molecule has 1 heterocycles. The lowest BCUT2D eigenvalue weighted by Gasteiger charge is -2.17. The Kier molecular flexibility index (Phi) is 4.15. The number of ether oxygens (including phenoxy) is 2. The SMILES string of the molecule is COC1=C(N)C(=O)c2nc(-c3cccc(OC(F)(F)F)c3)ccc2C1=O. The van der Waals surface area contributed by atoms with Crippen LogP contribution in [0.25, 0.3) is 11.3 Å². The van der Waals surface area contributed by atoms with Crippen molar-refractivity contribution in [3.05, 3.63) is 59.1 Å². The average molecular weight is 364 g/mol. The van der Waals surface area contributed by atoms with Crippen molar-refractivity contribution < 1.29 is 32.2 Å². The number of methoxy groups -OCH3 is 1. The number of Topliss-reactive ketones (excluding diaryl/α,β-unsaturated/α-hetero) is 2. The van der Waals surface area contributed by atoms with Gasteiger partial charge < -0.3 is 15.2 Å². The van der Waals surface area contributed by atoms with Gasteiger partial charge in [0.25, 0.3) is 0 Å². The van der Waals surface area contributed by atoms with Crippen LogP contribution in [0.4, 0.5) is 13.2 Å². The number of hydrogen-bond acceptors (Lipinski definition) is 6. The van der Waals surface area contributed by atoms with Gasteiger partial charge in [-0.25, -0.2) is 4.98 Å². The smallest absolute Gasteiger partial charge is 0.491 e. The minimum Gasteiger partial charge on any atom is -0.491 e. The lowest BCUT2D eigenvalue weighted by molar-refractivity contribution is -0.274. The Morgan fingerprint density at radius 3 is 2.46 bits per heavy atom. The summed E-state index contributed by atoms with van der Waals surface area (Å²) in [6, 6.07) is 7.85. The first-order valence-electron chi connectivity index (χ1n) is 7.21. The molecule has 1 aromatic carbocycles. The topological polar surface area (TPSA) is 91.5 Å². The van der Waals surface area contributed by atoms with Gasteiger partial charge >= 0.3 is 6.36 Å². The van der Waals surface area contributed by atoms with Crippen molar-refractivity contribution >= 4 is 11.6 Å². The fourth-order valence-electron chi connectivity index (χ4n) is 2.51. The third-order valence-electron chi connectivity index (χ3n) is 3.62. The maximum atomic E-state index is 12.4. The Morgan fingerprint density at radius 1 is 1.08 bits per heavy atom. The Labute approximate surface area is 145 Å². The van der Waals surface area contributed by atoms with Gasteiger partial charge in [-0.2, -0.15) is 0 Å². The molecule has 0 amide bonds. The number of rotatable bonds is 3. The van der Waals surface area contributed by atoms with Gasteiger partial charge in [0.1, 0.15) is 17.1 Å². The summed E-state index contributed by atoms with van der Waals surface area (Å²) in [6.07, 6.45) is -4.83. The number of halogens is 3. The summed E-state index contributed by atoms with van der Waals surface area (Å²) in [5, 5.41) is 0. The lowest BCUT2D eigenvalue weighted by atomic mass is 9.95. The molecule has 134 valence electrons. The van der Waals surface area contributed by atoms with Crippen molar-refractivity contribution in [3.63, 3.8) is 0 Å². The number of pyridine rings is 1. The molecule has 1 aliphatic rings. The minimum atomic E-state index is -4.83. The zero-order valence-electron chi connectivity index (χ0n) is 13.3. The van der Waals surface area contributed by atoms with E-state index in [1.54, 1.807) is 0 Å². The van der Waals surface area contributed by atoms with Crippen molar-refractivity contribution in [1.82, 2.24) is 4.98 Å². The Hall–Kier alpha value is -3.36. The monoisotopic (exact) mass is 364 g/mol. The highest BCUT2D eigenvalue weighted by Crippen LogP contribution is 2.30. The predicted octanol–water partition coefficient (Wildman–Crippen LogP) is 2.84. The summed E-state index contributed by atoms with van der Waals surface area (Å²) >= 11 is 0. The summed E-state index contributed by atoms with van der Waals surface area (Å²) in [5.74, 6) is -1.98. The molecule has 0 aliphatic heterocycles. The molecule has 2 aromatic rings. The third-order valence-corrected chi connectivity index (χ3v) is 3.62. The molecule has 0 saturated carbocycles. The molecular weight excluding hydrogens is 353 g/mol. The van der Waals surface area contributed by atoms with Crippen molar-refractivity contribution in [2.75, 3.05) is 7.11 Å². The van der Waals surface area contributed by atoms with Crippen molar-refractivity contribution in [3.8, 4) is 17.0 Å². The maximum Gasteiger partial charge on any atom is 0.573 e. The van der Waals surface area contributed by atoms with Gasteiger partial charge in [0, 0.05) is 5.56 Å². The van der Waals surface area contributed by atoms with E-state index < -0.39 is 23.7 Å². The third kappa shape index (κ3) is 3.10. The summed E-state index contributed by atoms with van der Waals surface area (Å²) in [5.41, 5.74) is 5.53. The number of ketones is 2. The van der Waals surface area contributed by atoms with Crippen LogP contribution in [-0.4, -0.2) is 30.0 Å². The molecule has 0 fully saturated rings. The summed E-state index contributed by atoms with van der Waals surface area (Å²) in [4.78, 5) is 28.7. The van der Waals surface area contributed by atoms with Crippen LogP contribution in [-0.2, 0) is 4.74 Å². The molecule has 1 aromatic heterocycles. The maximum absolute atomic E-state index is 12.4. The van der Waals surface area contributed by atoms with Gasteiger partial charge in [0.05, 0.1) is 18.4 Å². The molecule has 0 unspecified atom stereocenters. The number of benzene rings is 1. The van der Waals surface area contributed by atoms with Crippen LogP contribution in [0, 0.1) is 0 Å². The first kappa shape index (κ1) is 17.5. The van der Waals surface area contributed by atoms with Gasteiger partial charge in [-0.3, -0.25) is 9.59 Å². The van der Waals surface area contributed by atoms with Crippen LogP contribution in [0.3, 0.4) is 0 Å². The van der Waals surface area contributed by atoms with Gasteiger partial charge in [0.15, 0.2) is 5.76 Å². The molecule has 6 nitrogen and oxygen atoms in total. The molecular formula is C17H11F3N2O4. The second-order valence-corrected chi connectivity index (χ2v) is 5.27. The molecule has 0 atom stereocenters. The van der Waals surface area contributed by atoms with Crippen LogP contribution in [0.5, 0.6) is 5.75 Å². The average Bonchev–Trinajstić information content (AvgIpc) is 2.58. The molecule has 26 heavy (non-hydrogen) atoms. The molecule has 9 heteroatoms. The second kappa shape index (κ2) is 6.17. The Bertz CT molecular complexity index is 951. The molecule has 3 rings (SSSR count). The highest BCUT2D eigenvalue weighted by atomic mass is 19.4. The molecule has 1 aliphatic carbocycles. The number of nitrogens with zero attached hydrogens (tertiary/aromatic N) is 1. The van der Waals surface area contributed by atoms with Crippen LogP contribution in [0.2, 0.25) is 0 Å². The molecule has 0 spiro atoms. The van der Waals surface area contributed by atoms with E-state index in [0.29, 0.717) is 0 Å². The van der Waals surface area contributed by atoms with Crippen LogP contribution in [0.15, 0.2) is 47.9 Å². The van der Waals surface area contributed by atoms with E-state index in [-0.39, 0.29) is 34.0 Å². The highest BCUT2D eigenvalue weighted by Gasteiger charge is 2.34. The number of hydrogen-bond donors (Lipinski definition) is 1. The van der Waals surface area contributed by atoms with E-state index in [0.717, 1.165) is 12.1 Å². The molecule has 0 bridgehead atoms. The zero-order chi connectivity index (χ0) is 19.1. The molecule has 2 N–H and O–H groups in total. The number of carbonyl (C=O) groups excluding carboxylic acids is 2. The molecule has 0 radical (unpaired) electrons. The van der Waals surface area contributed by atoms with Gasteiger partial charge in [-0.1, -0.05) is 12.1 Å². The molecule has 0 saturated heterocycles. The first-order valence-corrected chi connectivity index (χ1v) is 7.21. The fraction of sp³-hybridized carbons (Fsp3) is 0.118. The number of aromatic nitrogens is 1. The number of alkyl halides is 3. The number of nitrogens with two attached hydrogens (primary N) is 1. The van der Waals surface area contributed by atoms with Crippen molar-refractivity contribution in [2.24, 2.45) is 5.73 Å². The van der Waals surface area contributed by atoms with Crippen LogP contribution < -0.4 is 10.5 Å². The van der Waals surface area contributed by atoms with E-state index >= 15 is 0 Å². The highest BCUT2D eigenvalue weighted by molar-refractivity contribution is 6.25. The number of carbonyl (C=O) groups is 2. The Morgan fingerprint density at radius 2 is 1.81 bits per heavy atom. The quantitative estimate of drug-likeness (QED) is 0.901. The van der Waals surface area contributed by atoms with Crippen molar-refractivity contribution in [1.29, 1.82) is 0 Å². The Balaban J connectivity index is 2.04. The fourth-order valence-corrected chi connectivity index (χ4v) is 2.51. The van der Waals surface area contributed by atoms with E-state index in [1.807, 2.05) is 0 Å². The largest absolute Gasteiger partial charge is 0.573 e. The first-order chi connectivity index (χ1) is 12.2. The van der Waals surface area contributed by atoms with Crippen molar-refractivity contribution in [2.45, 2.75) is 6.36 Å².